The zero-order valence-electron chi connectivity index (χ0n) is 14.0. The lowest BCUT2D eigenvalue weighted by Crippen LogP contribution is -2.39. The van der Waals surface area contributed by atoms with E-state index in [1.165, 1.54) is 44.4 Å². The van der Waals surface area contributed by atoms with Crippen LogP contribution in [-0.2, 0) is 23.8 Å². The molecule has 25 heavy (non-hydrogen) atoms. The predicted molar refractivity (Wildman–Crippen MR) is 85.9 cm³/mol. The number of benzene rings is 1. The molecule has 1 amide bonds. The lowest BCUT2D eigenvalue weighted by atomic mass is 10.1. The molecule has 1 aromatic carbocycles. The zero-order chi connectivity index (χ0) is 18.6. The molecule has 2 rings (SSSR count). The SMILES string of the molecule is COC(=O)C1=C(C(=O)OC)N(c2cc(C(N)=O)ccc2OC)COC1. The molecule has 0 atom stereocenters. The van der Waals surface area contributed by atoms with E-state index in [1.807, 2.05) is 0 Å². The maximum absolute atomic E-state index is 12.3. The third kappa shape index (κ3) is 3.56. The van der Waals surface area contributed by atoms with E-state index in [1.54, 1.807) is 0 Å². The van der Waals surface area contributed by atoms with Gasteiger partial charge in [0.25, 0.3) is 0 Å². The van der Waals surface area contributed by atoms with Crippen LogP contribution in [0.15, 0.2) is 29.5 Å². The first-order chi connectivity index (χ1) is 11.9. The number of amides is 1. The first kappa shape index (κ1) is 18.3. The van der Waals surface area contributed by atoms with Crippen molar-refractivity contribution in [3.05, 3.63) is 35.0 Å². The average Bonchev–Trinajstić information content (AvgIpc) is 2.65. The molecule has 1 heterocycles. The second kappa shape index (κ2) is 7.67. The van der Waals surface area contributed by atoms with Gasteiger partial charge < -0.3 is 29.6 Å². The van der Waals surface area contributed by atoms with Gasteiger partial charge in [0, 0.05) is 5.56 Å². The maximum atomic E-state index is 12.3. The Morgan fingerprint density at radius 2 is 1.80 bits per heavy atom. The Hall–Kier alpha value is -3.07. The summed E-state index contributed by atoms with van der Waals surface area (Å²) in [5, 5.41) is 0. The molecule has 0 fully saturated rings. The maximum Gasteiger partial charge on any atom is 0.355 e. The first-order valence-corrected chi connectivity index (χ1v) is 7.17. The van der Waals surface area contributed by atoms with Crippen molar-refractivity contribution in [1.29, 1.82) is 0 Å². The molecule has 1 aliphatic rings. The Morgan fingerprint density at radius 1 is 1.12 bits per heavy atom. The van der Waals surface area contributed by atoms with E-state index in [0.717, 1.165) is 0 Å². The quantitative estimate of drug-likeness (QED) is 0.748. The Balaban J connectivity index is 2.66. The number of hydrogen-bond donors (Lipinski definition) is 1. The Bertz CT molecular complexity index is 742. The predicted octanol–water partition coefficient (Wildman–Crippen LogP) is 0.188. The topological polar surface area (TPSA) is 117 Å². The van der Waals surface area contributed by atoms with E-state index < -0.39 is 17.8 Å². The van der Waals surface area contributed by atoms with Crippen LogP contribution in [0.2, 0.25) is 0 Å². The summed E-state index contributed by atoms with van der Waals surface area (Å²) in [4.78, 5) is 37.1. The van der Waals surface area contributed by atoms with Gasteiger partial charge in [-0.05, 0) is 18.2 Å². The molecule has 0 radical (unpaired) electrons. The summed E-state index contributed by atoms with van der Waals surface area (Å²) in [6, 6.07) is 4.45. The molecule has 9 nitrogen and oxygen atoms in total. The Kier molecular flexibility index (Phi) is 5.60. The number of nitrogens with two attached hydrogens (primary N) is 1. The van der Waals surface area contributed by atoms with Crippen LogP contribution in [0, 0.1) is 0 Å². The van der Waals surface area contributed by atoms with Crippen LogP contribution in [0.4, 0.5) is 5.69 Å². The van der Waals surface area contributed by atoms with Gasteiger partial charge in [0.15, 0.2) is 0 Å². The minimum atomic E-state index is -0.754. The minimum Gasteiger partial charge on any atom is -0.495 e. The van der Waals surface area contributed by atoms with E-state index in [0.29, 0.717) is 11.4 Å². The number of rotatable bonds is 5. The average molecular weight is 350 g/mol. The van der Waals surface area contributed by atoms with Crippen LogP contribution in [0.3, 0.4) is 0 Å². The normalized spacial score (nSPS) is 14.1. The number of hydrogen-bond acceptors (Lipinski definition) is 8. The highest BCUT2D eigenvalue weighted by molar-refractivity contribution is 6.04. The van der Waals surface area contributed by atoms with Crippen LogP contribution in [0.5, 0.6) is 5.75 Å². The lowest BCUT2D eigenvalue weighted by Gasteiger charge is -2.32. The molecule has 2 N–H and O–H groups in total. The van der Waals surface area contributed by atoms with Gasteiger partial charge in [0.1, 0.15) is 18.2 Å². The summed E-state index contributed by atoms with van der Waals surface area (Å²) < 4.78 is 20.1. The van der Waals surface area contributed by atoms with Crippen molar-refractivity contribution in [2.45, 2.75) is 0 Å². The van der Waals surface area contributed by atoms with Crippen molar-refractivity contribution in [2.24, 2.45) is 5.73 Å². The van der Waals surface area contributed by atoms with Gasteiger partial charge in [0.05, 0.1) is 39.2 Å². The highest BCUT2D eigenvalue weighted by Crippen LogP contribution is 2.34. The summed E-state index contributed by atoms with van der Waals surface area (Å²) in [6.45, 7) is -0.186. The second-order valence-electron chi connectivity index (χ2n) is 4.97. The van der Waals surface area contributed by atoms with Crippen molar-refractivity contribution in [2.75, 3.05) is 39.6 Å². The number of carbonyl (C=O) groups is 3. The summed E-state index contributed by atoms with van der Waals surface area (Å²) in [7, 11) is 3.81. The van der Waals surface area contributed by atoms with Crippen molar-refractivity contribution in [3.63, 3.8) is 0 Å². The third-order valence-corrected chi connectivity index (χ3v) is 3.59. The molecule has 0 aromatic heterocycles. The van der Waals surface area contributed by atoms with Gasteiger partial charge in [-0.2, -0.15) is 0 Å². The second-order valence-corrected chi connectivity index (χ2v) is 4.97. The molecule has 0 saturated carbocycles. The molecule has 0 aliphatic carbocycles. The summed E-state index contributed by atoms with van der Waals surface area (Å²) in [5.74, 6) is -1.79. The van der Waals surface area contributed by atoms with Crippen LogP contribution in [0.1, 0.15) is 10.4 Å². The van der Waals surface area contributed by atoms with Crippen molar-refractivity contribution in [1.82, 2.24) is 0 Å². The van der Waals surface area contributed by atoms with Gasteiger partial charge >= 0.3 is 11.9 Å². The molecule has 0 saturated heterocycles. The van der Waals surface area contributed by atoms with Gasteiger partial charge in [0.2, 0.25) is 5.91 Å². The van der Waals surface area contributed by atoms with Crippen molar-refractivity contribution in [3.8, 4) is 5.75 Å². The van der Waals surface area contributed by atoms with E-state index in [4.69, 9.17) is 24.7 Å². The number of anilines is 1. The molecular formula is C16H18N2O7. The van der Waals surface area contributed by atoms with Crippen LogP contribution < -0.4 is 15.4 Å². The van der Waals surface area contributed by atoms with Crippen LogP contribution >= 0.6 is 0 Å². The third-order valence-electron chi connectivity index (χ3n) is 3.59. The monoisotopic (exact) mass is 350 g/mol. The smallest absolute Gasteiger partial charge is 0.355 e. The van der Waals surface area contributed by atoms with Crippen molar-refractivity contribution >= 4 is 23.5 Å². The molecule has 1 aliphatic heterocycles. The molecular weight excluding hydrogens is 332 g/mol. The van der Waals surface area contributed by atoms with E-state index in [2.05, 4.69) is 0 Å². The number of esters is 2. The van der Waals surface area contributed by atoms with Gasteiger partial charge in [-0.15, -0.1) is 0 Å². The fourth-order valence-corrected chi connectivity index (χ4v) is 2.39. The standard InChI is InChI=1S/C16H18N2O7/c1-22-12-5-4-9(14(17)19)6-11(12)18-8-25-7-10(15(20)23-2)13(18)16(21)24-3/h4-6H,7-8H2,1-3H3,(H2,17,19). The van der Waals surface area contributed by atoms with E-state index in [-0.39, 0.29) is 30.2 Å². The van der Waals surface area contributed by atoms with E-state index in [9.17, 15) is 14.4 Å². The molecule has 134 valence electrons. The molecule has 0 unspecified atom stereocenters. The zero-order valence-corrected chi connectivity index (χ0v) is 14.0. The summed E-state index contributed by atoms with van der Waals surface area (Å²) in [5.41, 5.74) is 5.77. The highest BCUT2D eigenvalue weighted by Gasteiger charge is 2.33. The van der Waals surface area contributed by atoms with Crippen LogP contribution in [-0.4, -0.2) is 52.5 Å². The molecule has 1 aromatic rings. The number of ether oxygens (including phenoxy) is 4. The number of carbonyl (C=O) groups excluding carboxylic acids is 3. The fraction of sp³-hybridized carbons (Fsp3) is 0.312. The van der Waals surface area contributed by atoms with Gasteiger partial charge in [-0.1, -0.05) is 0 Å². The Morgan fingerprint density at radius 3 is 2.36 bits per heavy atom. The molecule has 0 spiro atoms. The summed E-state index contributed by atoms with van der Waals surface area (Å²) in [6.07, 6.45) is 0. The highest BCUT2D eigenvalue weighted by atomic mass is 16.5. The van der Waals surface area contributed by atoms with Gasteiger partial charge in [-0.3, -0.25) is 4.79 Å². The Labute approximate surface area is 143 Å². The number of methoxy groups -OCH3 is 3. The molecule has 0 bridgehead atoms. The fourth-order valence-electron chi connectivity index (χ4n) is 2.39. The van der Waals surface area contributed by atoms with Gasteiger partial charge in [-0.25, -0.2) is 9.59 Å². The molecule has 9 heteroatoms. The number of primary amides is 1. The van der Waals surface area contributed by atoms with E-state index >= 15 is 0 Å². The number of nitrogens with zero attached hydrogens (tertiary/aromatic N) is 1. The largest absolute Gasteiger partial charge is 0.495 e. The first-order valence-electron chi connectivity index (χ1n) is 7.17. The lowest BCUT2D eigenvalue weighted by molar-refractivity contribution is -0.140. The van der Waals surface area contributed by atoms with Crippen LogP contribution in [0.25, 0.3) is 0 Å². The van der Waals surface area contributed by atoms with Crippen molar-refractivity contribution < 1.29 is 33.3 Å². The summed E-state index contributed by atoms with van der Waals surface area (Å²) >= 11 is 0. The minimum absolute atomic E-state index is 0.00729.